The Kier molecular flexibility index (Phi) is 5.75. The van der Waals surface area contributed by atoms with Gasteiger partial charge in [0.15, 0.2) is 0 Å². The van der Waals surface area contributed by atoms with E-state index in [9.17, 15) is 0 Å². The predicted octanol–water partition coefficient (Wildman–Crippen LogP) is 6.31. The van der Waals surface area contributed by atoms with Crippen molar-refractivity contribution in [1.29, 1.82) is 0 Å². The molecule has 0 heterocycles. The lowest BCUT2D eigenvalue weighted by atomic mass is 9.63. The van der Waals surface area contributed by atoms with E-state index in [4.69, 9.17) is 7.85 Å². The van der Waals surface area contributed by atoms with E-state index < -0.39 is 0 Å². The van der Waals surface area contributed by atoms with E-state index in [-0.39, 0.29) is 10.8 Å². The smallest absolute Gasteiger partial charge is 0.116 e. The molecule has 2 heteroatoms. The Morgan fingerprint density at radius 2 is 1.59 bits per heavy atom. The van der Waals surface area contributed by atoms with Gasteiger partial charge in [-0.3, -0.25) is 0 Å². The number of benzene rings is 2. The summed E-state index contributed by atoms with van der Waals surface area (Å²) >= 11 is 0. The lowest BCUT2D eigenvalue weighted by Crippen LogP contribution is -2.33. The van der Waals surface area contributed by atoms with Crippen LogP contribution in [0, 0.1) is 0 Å². The third kappa shape index (κ3) is 4.42. The van der Waals surface area contributed by atoms with Gasteiger partial charge in [0.2, 0.25) is 0 Å². The van der Waals surface area contributed by atoms with E-state index in [2.05, 4.69) is 76.3 Å². The first kappa shape index (κ1) is 20.0. The molecule has 1 nitrogen and oxygen atoms in total. The van der Waals surface area contributed by atoms with Crippen molar-refractivity contribution in [3.63, 3.8) is 0 Å². The van der Waals surface area contributed by atoms with E-state index in [1.54, 1.807) is 0 Å². The Bertz CT molecular complexity index is 804. The van der Waals surface area contributed by atoms with E-state index in [0.717, 1.165) is 23.3 Å². The van der Waals surface area contributed by atoms with Gasteiger partial charge in [-0.05, 0) is 71.4 Å². The van der Waals surface area contributed by atoms with Crippen LogP contribution in [0.3, 0.4) is 0 Å². The molecule has 2 aromatic carbocycles. The number of fused-ring (bicyclic) bond motifs is 1. The monoisotopic (exact) mass is 359 g/mol. The minimum absolute atomic E-state index is 0.219. The molecule has 0 aliphatic heterocycles. The number of aryl methyl sites for hydroxylation is 1. The SMILES string of the molecule is [B]c1cc(CCCCC)ccc1Nc1ccc2c(c1)C(C)(C)CCC2(C)C. The zero-order valence-corrected chi connectivity index (χ0v) is 17.8. The van der Waals surface area contributed by atoms with E-state index in [0.29, 0.717) is 0 Å². The fourth-order valence-corrected chi connectivity index (χ4v) is 4.28. The minimum Gasteiger partial charge on any atom is -0.356 e. The predicted molar refractivity (Wildman–Crippen MR) is 120 cm³/mol. The molecule has 0 bridgehead atoms. The van der Waals surface area contributed by atoms with E-state index in [1.165, 1.54) is 48.8 Å². The number of unbranched alkanes of at least 4 members (excludes halogenated alkanes) is 2. The number of rotatable bonds is 6. The average molecular weight is 359 g/mol. The highest BCUT2D eigenvalue weighted by Gasteiger charge is 2.36. The van der Waals surface area contributed by atoms with Crippen LogP contribution in [-0.2, 0) is 17.3 Å². The third-order valence-electron chi connectivity index (χ3n) is 6.32. The molecular weight excluding hydrogens is 325 g/mol. The van der Waals surface area contributed by atoms with Gasteiger partial charge in [-0.15, -0.1) is 0 Å². The van der Waals surface area contributed by atoms with Crippen molar-refractivity contribution < 1.29 is 0 Å². The maximum Gasteiger partial charge on any atom is 0.116 e. The summed E-state index contributed by atoms with van der Waals surface area (Å²) in [6.45, 7) is 11.7. The summed E-state index contributed by atoms with van der Waals surface area (Å²) in [5, 5.41) is 3.56. The van der Waals surface area contributed by atoms with Crippen LogP contribution in [0.1, 0.15) is 83.4 Å². The minimum atomic E-state index is 0.219. The van der Waals surface area contributed by atoms with Gasteiger partial charge in [0, 0.05) is 11.4 Å². The number of nitrogens with one attached hydrogen (secondary N) is 1. The van der Waals surface area contributed by atoms with Gasteiger partial charge < -0.3 is 5.32 Å². The first-order valence-corrected chi connectivity index (χ1v) is 10.5. The summed E-state index contributed by atoms with van der Waals surface area (Å²) in [5.74, 6) is 0. The third-order valence-corrected chi connectivity index (χ3v) is 6.32. The van der Waals surface area contributed by atoms with Crippen molar-refractivity contribution >= 4 is 24.7 Å². The maximum absolute atomic E-state index is 6.35. The molecular formula is C25H34BN. The number of hydrogen-bond donors (Lipinski definition) is 1. The van der Waals surface area contributed by atoms with Crippen LogP contribution in [0.2, 0.25) is 0 Å². The van der Waals surface area contributed by atoms with Crippen LogP contribution in [0.15, 0.2) is 36.4 Å². The van der Waals surface area contributed by atoms with Crippen LogP contribution in [0.25, 0.3) is 0 Å². The second-order valence-electron chi connectivity index (χ2n) is 9.53. The molecule has 3 rings (SSSR count). The summed E-state index contributed by atoms with van der Waals surface area (Å²) in [6.07, 6.45) is 7.35. The Morgan fingerprint density at radius 1 is 0.889 bits per heavy atom. The number of hydrogen-bond acceptors (Lipinski definition) is 1. The molecule has 1 aliphatic rings. The normalized spacial score (nSPS) is 17.4. The van der Waals surface area contributed by atoms with Crippen LogP contribution >= 0.6 is 0 Å². The van der Waals surface area contributed by atoms with E-state index in [1.807, 2.05) is 0 Å². The summed E-state index contributed by atoms with van der Waals surface area (Å²) < 4.78 is 0. The molecule has 1 N–H and O–H groups in total. The Morgan fingerprint density at radius 3 is 2.26 bits per heavy atom. The molecule has 1 aliphatic carbocycles. The van der Waals surface area contributed by atoms with Crippen molar-refractivity contribution in [3.8, 4) is 0 Å². The largest absolute Gasteiger partial charge is 0.356 e. The maximum atomic E-state index is 6.35. The summed E-state index contributed by atoms with van der Waals surface area (Å²) in [6, 6.07) is 13.3. The molecule has 0 unspecified atom stereocenters. The van der Waals surface area contributed by atoms with Crippen molar-refractivity contribution in [3.05, 3.63) is 53.1 Å². The Balaban J connectivity index is 1.83. The lowest BCUT2D eigenvalue weighted by Gasteiger charge is -2.42. The molecule has 0 atom stereocenters. The fourth-order valence-electron chi connectivity index (χ4n) is 4.28. The van der Waals surface area contributed by atoms with Gasteiger partial charge in [0.25, 0.3) is 0 Å². The Labute approximate surface area is 167 Å². The average Bonchev–Trinajstić information content (AvgIpc) is 2.62. The van der Waals surface area contributed by atoms with Crippen molar-refractivity contribution in [1.82, 2.24) is 0 Å². The fraction of sp³-hybridized carbons (Fsp3) is 0.520. The topological polar surface area (TPSA) is 12.0 Å². The lowest BCUT2D eigenvalue weighted by molar-refractivity contribution is 0.332. The molecule has 0 amide bonds. The van der Waals surface area contributed by atoms with Gasteiger partial charge in [-0.25, -0.2) is 0 Å². The van der Waals surface area contributed by atoms with Crippen molar-refractivity contribution in [2.45, 2.75) is 84.0 Å². The molecule has 0 aromatic heterocycles. The molecule has 142 valence electrons. The van der Waals surface area contributed by atoms with Gasteiger partial charge in [-0.1, -0.05) is 71.1 Å². The zero-order valence-electron chi connectivity index (χ0n) is 17.8. The van der Waals surface area contributed by atoms with Gasteiger partial charge in [-0.2, -0.15) is 0 Å². The highest BCUT2D eigenvalue weighted by molar-refractivity contribution is 6.36. The highest BCUT2D eigenvalue weighted by Crippen LogP contribution is 2.46. The molecule has 2 aromatic rings. The second kappa shape index (κ2) is 7.74. The van der Waals surface area contributed by atoms with Crippen LogP contribution in [0.5, 0.6) is 0 Å². The van der Waals surface area contributed by atoms with Crippen molar-refractivity contribution in [2.24, 2.45) is 0 Å². The van der Waals surface area contributed by atoms with Gasteiger partial charge in [0.1, 0.15) is 7.85 Å². The first-order valence-electron chi connectivity index (χ1n) is 10.5. The molecule has 2 radical (unpaired) electrons. The van der Waals surface area contributed by atoms with Gasteiger partial charge in [0.05, 0.1) is 0 Å². The van der Waals surface area contributed by atoms with Crippen LogP contribution in [0.4, 0.5) is 11.4 Å². The van der Waals surface area contributed by atoms with Crippen LogP contribution in [-0.4, -0.2) is 7.85 Å². The summed E-state index contributed by atoms with van der Waals surface area (Å²) in [7, 11) is 6.35. The zero-order chi connectivity index (χ0) is 19.7. The highest BCUT2D eigenvalue weighted by atomic mass is 14.9. The first-order chi connectivity index (χ1) is 12.7. The van der Waals surface area contributed by atoms with Gasteiger partial charge >= 0.3 is 0 Å². The quantitative estimate of drug-likeness (QED) is 0.471. The summed E-state index contributed by atoms with van der Waals surface area (Å²) in [5.41, 5.74) is 7.73. The van der Waals surface area contributed by atoms with E-state index >= 15 is 0 Å². The molecule has 0 saturated carbocycles. The van der Waals surface area contributed by atoms with Crippen molar-refractivity contribution in [2.75, 3.05) is 5.32 Å². The second-order valence-corrected chi connectivity index (χ2v) is 9.53. The standard InChI is InChI=1S/C25H34BN/c1-6-7-8-9-18-10-13-23(22(26)16-18)27-19-11-12-20-21(17-19)25(4,5)15-14-24(20,2)3/h10-13,16-17,27H,6-9,14-15H2,1-5H3. The molecule has 0 fully saturated rings. The number of anilines is 2. The molecule has 0 saturated heterocycles. The Hall–Kier alpha value is -1.70. The molecule has 0 spiro atoms. The summed E-state index contributed by atoms with van der Waals surface area (Å²) in [4.78, 5) is 0. The molecule has 27 heavy (non-hydrogen) atoms. The van der Waals surface area contributed by atoms with Crippen LogP contribution < -0.4 is 10.8 Å².